The number of rotatable bonds is 3. The summed E-state index contributed by atoms with van der Waals surface area (Å²) in [5, 5.41) is 12.3. The highest BCUT2D eigenvalue weighted by Gasteiger charge is 2.20. The third-order valence-corrected chi connectivity index (χ3v) is 3.89. The molecule has 16 heavy (non-hydrogen) atoms. The standard InChI is InChI=1S/C13H14N2S/c1-2-9(7-14)13(15)11-8-16-12-6-4-3-5-10(11)12/h3-6,8-9,13H,2,15H2,1H3. The zero-order valence-electron chi connectivity index (χ0n) is 9.18. The Morgan fingerprint density at radius 3 is 2.88 bits per heavy atom. The molecule has 1 aromatic heterocycles. The van der Waals surface area contributed by atoms with Crippen molar-refractivity contribution in [3.8, 4) is 6.07 Å². The third kappa shape index (κ3) is 1.82. The molecule has 2 nitrogen and oxygen atoms in total. The van der Waals surface area contributed by atoms with Gasteiger partial charge in [-0.15, -0.1) is 11.3 Å². The van der Waals surface area contributed by atoms with Gasteiger partial charge < -0.3 is 5.73 Å². The number of fused-ring (bicyclic) bond motifs is 1. The maximum absolute atomic E-state index is 9.04. The largest absolute Gasteiger partial charge is 0.323 e. The predicted molar refractivity (Wildman–Crippen MR) is 68.1 cm³/mol. The lowest BCUT2D eigenvalue weighted by atomic mass is 9.93. The van der Waals surface area contributed by atoms with Crippen LogP contribution in [0.25, 0.3) is 10.1 Å². The molecule has 2 aromatic rings. The summed E-state index contributed by atoms with van der Waals surface area (Å²) in [7, 11) is 0. The smallest absolute Gasteiger partial charge is 0.0675 e. The second-order valence-electron chi connectivity index (χ2n) is 3.86. The summed E-state index contributed by atoms with van der Waals surface area (Å²) in [4.78, 5) is 0. The van der Waals surface area contributed by atoms with Crippen LogP contribution in [0.15, 0.2) is 29.6 Å². The zero-order chi connectivity index (χ0) is 11.5. The first-order valence-electron chi connectivity index (χ1n) is 5.39. The second kappa shape index (κ2) is 4.65. The summed E-state index contributed by atoms with van der Waals surface area (Å²) in [6.45, 7) is 2.00. The lowest BCUT2D eigenvalue weighted by molar-refractivity contribution is 0.521. The molecule has 2 unspecified atom stereocenters. The number of nitriles is 1. The molecule has 0 aliphatic rings. The minimum absolute atomic E-state index is 0.0991. The quantitative estimate of drug-likeness (QED) is 0.878. The third-order valence-electron chi connectivity index (χ3n) is 2.91. The molecular weight excluding hydrogens is 216 g/mol. The van der Waals surface area contributed by atoms with Crippen molar-refractivity contribution in [3.05, 3.63) is 35.2 Å². The van der Waals surface area contributed by atoms with Crippen LogP contribution in [0, 0.1) is 17.2 Å². The van der Waals surface area contributed by atoms with Gasteiger partial charge >= 0.3 is 0 Å². The van der Waals surface area contributed by atoms with Gasteiger partial charge in [0.05, 0.1) is 12.0 Å². The van der Waals surface area contributed by atoms with Crippen LogP contribution >= 0.6 is 11.3 Å². The summed E-state index contributed by atoms with van der Waals surface area (Å²) in [6.07, 6.45) is 0.793. The summed E-state index contributed by atoms with van der Waals surface area (Å²) < 4.78 is 1.24. The maximum Gasteiger partial charge on any atom is 0.0675 e. The summed E-state index contributed by atoms with van der Waals surface area (Å²) in [5.74, 6) is -0.0991. The fourth-order valence-electron chi connectivity index (χ4n) is 1.90. The molecule has 0 aliphatic heterocycles. The zero-order valence-corrected chi connectivity index (χ0v) is 10.00. The number of benzene rings is 1. The van der Waals surface area contributed by atoms with E-state index in [1.165, 1.54) is 10.1 Å². The van der Waals surface area contributed by atoms with E-state index in [1.54, 1.807) is 11.3 Å². The van der Waals surface area contributed by atoms with E-state index in [4.69, 9.17) is 11.0 Å². The van der Waals surface area contributed by atoms with Gasteiger partial charge in [0, 0.05) is 10.7 Å². The van der Waals surface area contributed by atoms with Crippen molar-refractivity contribution < 1.29 is 0 Å². The Hall–Kier alpha value is -1.37. The molecule has 2 N–H and O–H groups in total. The fraction of sp³-hybridized carbons (Fsp3) is 0.308. The van der Waals surface area contributed by atoms with Gasteiger partial charge in [0.15, 0.2) is 0 Å². The summed E-state index contributed by atoms with van der Waals surface area (Å²) in [6, 6.07) is 10.3. The molecule has 0 aliphatic carbocycles. The lowest BCUT2D eigenvalue weighted by Crippen LogP contribution is -2.19. The molecular formula is C13H14N2S. The van der Waals surface area contributed by atoms with E-state index in [-0.39, 0.29) is 12.0 Å². The van der Waals surface area contributed by atoms with Crippen LogP contribution in [-0.4, -0.2) is 0 Å². The molecule has 2 atom stereocenters. The predicted octanol–water partition coefficient (Wildman–Crippen LogP) is 3.45. The monoisotopic (exact) mass is 230 g/mol. The first kappa shape index (κ1) is 11.1. The minimum Gasteiger partial charge on any atom is -0.323 e. The van der Waals surface area contributed by atoms with Crippen LogP contribution in [0.2, 0.25) is 0 Å². The van der Waals surface area contributed by atoms with E-state index in [1.807, 2.05) is 19.1 Å². The molecule has 0 bridgehead atoms. The summed E-state index contributed by atoms with van der Waals surface area (Å²) in [5.41, 5.74) is 7.26. The number of thiophene rings is 1. The summed E-state index contributed by atoms with van der Waals surface area (Å²) >= 11 is 1.69. The fourth-order valence-corrected chi connectivity index (χ4v) is 2.91. The molecule has 82 valence electrons. The highest BCUT2D eigenvalue weighted by molar-refractivity contribution is 7.17. The topological polar surface area (TPSA) is 49.8 Å². The Morgan fingerprint density at radius 1 is 1.44 bits per heavy atom. The van der Waals surface area contributed by atoms with E-state index in [9.17, 15) is 0 Å². The number of hydrogen-bond acceptors (Lipinski definition) is 3. The highest BCUT2D eigenvalue weighted by atomic mass is 32.1. The van der Waals surface area contributed by atoms with Crippen molar-refractivity contribution in [3.63, 3.8) is 0 Å². The highest BCUT2D eigenvalue weighted by Crippen LogP contribution is 2.32. The van der Waals surface area contributed by atoms with Crippen molar-refractivity contribution in [2.45, 2.75) is 19.4 Å². The average molecular weight is 230 g/mol. The lowest BCUT2D eigenvalue weighted by Gasteiger charge is -2.15. The Kier molecular flexibility index (Phi) is 3.23. The first-order chi connectivity index (χ1) is 7.77. The SMILES string of the molecule is CCC(C#N)C(N)c1csc2ccccc12. The second-order valence-corrected chi connectivity index (χ2v) is 4.77. The van der Waals surface area contributed by atoms with Crippen LogP contribution in [-0.2, 0) is 0 Å². The number of nitrogens with two attached hydrogens (primary N) is 1. The van der Waals surface area contributed by atoms with E-state index >= 15 is 0 Å². The van der Waals surface area contributed by atoms with E-state index in [0.717, 1.165) is 12.0 Å². The molecule has 0 saturated heterocycles. The van der Waals surface area contributed by atoms with Crippen molar-refractivity contribution in [1.29, 1.82) is 5.26 Å². The maximum atomic E-state index is 9.04. The minimum atomic E-state index is -0.175. The number of nitrogens with zero attached hydrogens (tertiary/aromatic N) is 1. The molecule has 1 aromatic carbocycles. The molecule has 0 fully saturated rings. The molecule has 0 amide bonds. The van der Waals surface area contributed by atoms with Gasteiger partial charge in [-0.05, 0) is 28.8 Å². The van der Waals surface area contributed by atoms with Crippen LogP contribution in [0.3, 0.4) is 0 Å². The van der Waals surface area contributed by atoms with Crippen molar-refractivity contribution in [1.82, 2.24) is 0 Å². The molecule has 0 spiro atoms. The van der Waals surface area contributed by atoms with Gasteiger partial charge in [-0.25, -0.2) is 0 Å². The van der Waals surface area contributed by atoms with Crippen LogP contribution in [0.5, 0.6) is 0 Å². The number of hydrogen-bond donors (Lipinski definition) is 1. The van der Waals surface area contributed by atoms with E-state index in [0.29, 0.717) is 0 Å². The Labute approximate surface area is 99.3 Å². The van der Waals surface area contributed by atoms with Crippen molar-refractivity contribution in [2.24, 2.45) is 11.7 Å². The van der Waals surface area contributed by atoms with Crippen LogP contribution in [0.4, 0.5) is 0 Å². The molecule has 0 saturated carbocycles. The average Bonchev–Trinajstić information content (AvgIpc) is 2.74. The van der Waals surface area contributed by atoms with Crippen LogP contribution in [0.1, 0.15) is 24.9 Å². The van der Waals surface area contributed by atoms with Gasteiger partial charge in [0.1, 0.15) is 0 Å². The van der Waals surface area contributed by atoms with Gasteiger partial charge in [-0.3, -0.25) is 0 Å². The Morgan fingerprint density at radius 2 is 2.19 bits per heavy atom. The van der Waals surface area contributed by atoms with Crippen molar-refractivity contribution in [2.75, 3.05) is 0 Å². The van der Waals surface area contributed by atoms with Gasteiger partial charge in [-0.1, -0.05) is 25.1 Å². The molecule has 0 radical (unpaired) electrons. The molecule has 3 heteroatoms. The first-order valence-corrected chi connectivity index (χ1v) is 6.27. The Bertz CT molecular complexity index is 524. The van der Waals surface area contributed by atoms with Gasteiger partial charge in [-0.2, -0.15) is 5.26 Å². The van der Waals surface area contributed by atoms with E-state index in [2.05, 4.69) is 23.6 Å². The Balaban J connectivity index is 2.44. The van der Waals surface area contributed by atoms with E-state index < -0.39 is 0 Å². The normalized spacial score (nSPS) is 14.6. The van der Waals surface area contributed by atoms with Gasteiger partial charge in [0.25, 0.3) is 0 Å². The van der Waals surface area contributed by atoms with Gasteiger partial charge in [0.2, 0.25) is 0 Å². The van der Waals surface area contributed by atoms with Crippen LogP contribution < -0.4 is 5.73 Å². The molecule has 1 heterocycles. The van der Waals surface area contributed by atoms with Crippen molar-refractivity contribution >= 4 is 21.4 Å². The molecule has 2 rings (SSSR count).